The number of nitrogens with zero attached hydrogens (tertiary/aromatic N) is 1. The first-order valence-corrected chi connectivity index (χ1v) is 5.69. The van der Waals surface area contributed by atoms with E-state index in [4.69, 9.17) is 5.73 Å². The van der Waals surface area contributed by atoms with E-state index < -0.39 is 5.83 Å². The quantitative estimate of drug-likeness (QED) is 0.370. The molecule has 18 heavy (non-hydrogen) atoms. The van der Waals surface area contributed by atoms with Crippen molar-refractivity contribution in [1.82, 2.24) is 10.6 Å². The van der Waals surface area contributed by atoms with E-state index in [9.17, 15) is 4.39 Å². The SMILES string of the molecule is C=C/C(F)=C\N/C(NC)=C(\C=C/CC)N=C(C)N. The molecule has 0 heterocycles. The van der Waals surface area contributed by atoms with Gasteiger partial charge < -0.3 is 16.4 Å². The maximum atomic E-state index is 13.0. The van der Waals surface area contributed by atoms with E-state index in [0.29, 0.717) is 17.4 Å². The van der Waals surface area contributed by atoms with Gasteiger partial charge in [-0.15, -0.1) is 0 Å². The van der Waals surface area contributed by atoms with Gasteiger partial charge in [0.2, 0.25) is 0 Å². The van der Waals surface area contributed by atoms with Crippen molar-refractivity contribution >= 4 is 5.84 Å². The van der Waals surface area contributed by atoms with E-state index in [2.05, 4.69) is 22.2 Å². The van der Waals surface area contributed by atoms with Crippen molar-refractivity contribution < 1.29 is 4.39 Å². The second-order valence-electron chi connectivity index (χ2n) is 3.45. The number of halogens is 1. The van der Waals surface area contributed by atoms with Crippen LogP contribution in [-0.2, 0) is 0 Å². The molecule has 0 aromatic heterocycles. The molecule has 100 valence electrons. The summed E-state index contributed by atoms with van der Waals surface area (Å²) in [6.45, 7) is 7.02. The highest BCUT2D eigenvalue weighted by atomic mass is 19.1. The summed E-state index contributed by atoms with van der Waals surface area (Å²) >= 11 is 0. The number of hydrogen-bond donors (Lipinski definition) is 3. The van der Waals surface area contributed by atoms with Crippen LogP contribution in [0.2, 0.25) is 0 Å². The summed E-state index contributed by atoms with van der Waals surface area (Å²) in [5.74, 6) is 0.519. The van der Waals surface area contributed by atoms with Crippen molar-refractivity contribution in [3.05, 3.63) is 48.4 Å². The van der Waals surface area contributed by atoms with Crippen LogP contribution < -0.4 is 16.4 Å². The third-order valence-corrected chi connectivity index (χ3v) is 1.86. The maximum Gasteiger partial charge on any atom is 0.138 e. The van der Waals surface area contributed by atoms with Gasteiger partial charge >= 0.3 is 0 Å². The highest BCUT2D eigenvalue weighted by Gasteiger charge is 2.00. The van der Waals surface area contributed by atoms with E-state index >= 15 is 0 Å². The number of nitrogens with one attached hydrogen (secondary N) is 2. The Bertz CT molecular complexity index is 388. The van der Waals surface area contributed by atoms with Crippen LogP contribution in [0.25, 0.3) is 0 Å². The van der Waals surface area contributed by atoms with Crippen molar-refractivity contribution in [2.24, 2.45) is 10.7 Å². The number of aliphatic imine (C=N–C) groups is 1. The van der Waals surface area contributed by atoms with Crippen LogP contribution in [-0.4, -0.2) is 12.9 Å². The molecule has 0 radical (unpaired) electrons. The largest absolute Gasteiger partial charge is 0.387 e. The average Bonchev–Trinajstić information content (AvgIpc) is 2.35. The third-order valence-electron chi connectivity index (χ3n) is 1.86. The van der Waals surface area contributed by atoms with Crippen molar-refractivity contribution in [1.29, 1.82) is 0 Å². The summed E-state index contributed by atoms with van der Waals surface area (Å²) in [6.07, 6.45) is 6.93. The number of allylic oxidation sites excluding steroid dienone is 4. The van der Waals surface area contributed by atoms with E-state index in [0.717, 1.165) is 12.5 Å². The number of nitrogens with two attached hydrogens (primary N) is 1. The fourth-order valence-corrected chi connectivity index (χ4v) is 1.07. The Balaban J connectivity index is 5.27. The van der Waals surface area contributed by atoms with Crippen molar-refractivity contribution in [2.45, 2.75) is 20.3 Å². The molecule has 0 spiro atoms. The second-order valence-corrected chi connectivity index (χ2v) is 3.45. The Labute approximate surface area is 108 Å². The molecule has 0 aliphatic carbocycles. The van der Waals surface area contributed by atoms with Crippen LogP contribution in [0.1, 0.15) is 20.3 Å². The van der Waals surface area contributed by atoms with Crippen LogP contribution in [0, 0.1) is 0 Å². The normalized spacial score (nSPS) is 14.4. The van der Waals surface area contributed by atoms with E-state index in [1.54, 1.807) is 14.0 Å². The van der Waals surface area contributed by atoms with Crippen molar-refractivity contribution in [2.75, 3.05) is 7.05 Å². The van der Waals surface area contributed by atoms with Gasteiger partial charge in [-0.2, -0.15) is 0 Å². The Morgan fingerprint density at radius 3 is 2.61 bits per heavy atom. The first kappa shape index (κ1) is 16.0. The zero-order valence-corrected chi connectivity index (χ0v) is 11.1. The molecule has 0 bridgehead atoms. The summed E-state index contributed by atoms with van der Waals surface area (Å²) in [5.41, 5.74) is 6.16. The third kappa shape index (κ3) is 6.52. The first-order valence-electron chi connectivity index (χ1n) is 5.69. The lowest BCUT2D eigenvalue weighted by molar-refractivity contribution is 0.654. The number of rotatable bonds is 7. The molecule has 0 unspecified atom stereocenters. The molecule has 0 saturated carbocycles. The predicted octanol–water partition coefficient (Wildman–Crippen LogP) is 2.30. The second kappa shape index (κ2) is 9.04. The minimum atomic E-state index is -0.463. The molecular weight excluding hydrogens is 231 g/mol. The van der Waals surface area contributed by atoms with Gasteiger partial charge in [0.05, 0.1) is 5.84 Å². The number of hydrogen-bond acceptors (Lipinski definition) is 3. The van der Waals surface area contributed by atoms with Gasteiger partial charge in [0.1, 0.15) is 17.3 Å². The Morgan fingerprint density at radius 2 is 2.17 bits per heavy atom. The summed E-state index contributed by atoms with van der Waals surface area (Å²) < 4.78 is 13.0. The summed E-state index contributed by atoms with van der Waals surface area (Å²) in [4.78, 5) is 4.17. The van der Waals surface area contributed by atoms with Crippen LogP contribution in [0.3, 0.4) is 0 Å². The molecule has 0 aromatic rings. The monoisotopic (exact) mass is 252 g/mol. The Kier molecular flexibility index (Phi) is 8.01. The average molecular weight is 252 g/mol. The standard InChI is InChI=1S/C13H21FN4/c1-5-7-8-12(18-10(3)15)13(16-4)17-9-11(14)6-2/h6-9,16-17H,2,5H2,1,3-4H3,(H2,15,18)/b8-7-,11-9+,13-12+. The smallest absolute Gasteiger partial charge is 0.138 e. The summed E-state index contributed by atoms with van der Waals surface area (Å²) in [5, 5.41) is 5.69. The molecule has 0 amide bonds. The van der Waals surface area contributed by atoms with Crippen molar-refractivity contribution in [3.63, 3.8) is 0 Å². The molecule has 0 atom stereocenters. The topological polar surface area (TPSA) is 62.4 Å². The molecule has 0 saturated heterocycles. The van der Waals surface area contributed by atoms with Gasteiger partial charge in [0, 0.05) is 13.2 Å². The fourth-order valence-electron chi connectivity index (χ4n) is 1.07. The van der Waals surface area contributed by atoms with Crippen LogP contribution in [0.5, 0.6) is 0 Å². The van der Waals surface area contributed by atoms with Crippen LogP contribution in [0.15, 0.2) is 53.3 Å². The highest BCUT2D eigenvalue weighted by molar-refractivity contribution is 5.78. The predicted molar refractivity (Wildman–Crippen MR) is 75.3 cm³/mol. The Morgan fingerprint density at radius 1 is 1.50 bits per heavy atom. The van der Waals surface area contributed by atoms with Gasteiger partial charge in [0.15, 0.2) is 0 Å². The zero-order chi connectivity index (χ0) is 14.0. The summed E-state index contributed by atoms with van der Waals surface area (Å²) in [6, 6.07) is 0. The maximum absolute atomic E-state index is 13.0. The molecular formula is C13H21FN4. The summed E-state index contributed by atoms with van der Waals surface area (Å²) in [7, 11) is 1.71. The minimum Gasteiger partial charge on any atom is -0.387 e. The van der Waals surface area contributed by atoms with E-state index in [1.165, 1.54) is 6.20 Å². The van der Waals surface area contributed by atoms with Crippen molar-refractivity contribution in [3.8, 4) is 0 Å². The lowest BCUT2D eigenvalue weighted by Crippen LogP contribution is -2.21. The van der Waals surface area contributed by atoms with Gasteiger partial charge in [-0.3, -0.25) is 0 Å². The molecule has 0 rings (SSSR count). The molecule has 0 aliphatic rings. The Hall–Kier alpha value is -2.04. The molecule has 5 heteroatoms. The molecule has 0 fully saturated rings. The van der Waals surface area contributed by atoms with E-state index in [-0.39, 0.29) is 0 Å². The molecule has 4 nitrogen and oxygen atoms in total. The lowest BCUT2D eigenvalue weighted by atomic mass is 10.3. The zero-order valence-electron chi connectivity index (χ0n) is 11.1. The molecule has 0 aromatic carbocycles. The van der Waals surface area contributed by atoms with Crippen LogP contribution in [0.4, 0.5) is 4.39 Å². The highest BCUT2D eigenvalue weighted by Crippen LogP contribution is 2.05. The number of amidine groups is 1. The molecule has 0 aliphatic heterocycles. The van der Waals surface area contributed by atoms with Crippen LogP contribution >= 0.6 is 0 Å². The van der Waals surface area contributed by atoms with E-state index in [1.807, 2.05) is 19.1 Å². The van der Waals surface area contributed by atoms with Gasteiger partial charge in [-0.1, -0.05) is 19.6 Å². The van der Waals surface area contributed by atoms with Gasteiger partial charge in [0.25, 0.3) is 0 Å². The van der Waals surface area contributed by atoms with Gasteiger partial charge in [-0.05, 0) is 25.5 Å². The van der Waals surface area contributed by atoms with Gasteiger partial charge in [-0.25, -0.2) is 9.38 Å². The molecule has 4 N–H and O–H groups in total. The minimum absolute atomic E-state index is 0.425. The fraction of sp³-hybridized carbons (Fsp3) is 0.308. The first-order chi connectivity index (χ1) is 8.54. The lowest BCUT2D eigenvalue weighted by Gasteiger charge is -2.09.